The van der Waals surface area contributed by atoms with Gasteiger partial charge in [0.25, 0.3) is 0 Å². The van der Waals surface area contributed by atoms with Crippen molar-refractivity contribution >= 4 is 30.0 Å². The molecule has 0 saturated heterocycles. The van der Waals surface area contributed by atoms with E-state index < -0.39 is 40.6 Å². The average Bonchev–Trinajstić information content (AvgIpc) is 2.52. The predicted octanol–water partition coefficient (Wildman–Crippen LogP) is 1.59. The summed E-state index contributed by atoms with van der Waals surface area (Å²) in [5.41, 5.74) is -1.67. The summed E-state index contributed by atoms with van der Waals surface area (Å²) in [7, 11) is 0. The Bertz CT molecular complexity index is 682. The van der Waals surface area contributed by atoms with Crippen LogP contribution in [0.3, 0.4) is 0 Å². The number of aromatic carboxylic acids is 2. The summed E-state index contributed by atoms with van der Waals surface area (Å²) in [6.45, 7) is 3.07. The quantitative estimate of drug-likeness (QED) is 0.332. The fraction of sp³-hybridized carbons (Fsp3) is 0.250. The highest BCUT2D eigenvalue weighted by Gasteiger charge is 2.24. The number of carboxylic acid groups (broad SMARTS) is 2. The molecule has 0 saturated carbocycles. The first-order chi connectivity index (χ1) is 11.3. The number of hydrogen-bond acceptors (Lipinski definition) is 6. The lowest BCUT2D eigenvalue weighted by Gasteiger charge is -2.09. The molecule has 1 aromatic carbocycles. The average molecular weight is 336 g/mol. The standard InChI is InChI=1S/C16H16O8/c1-3-23-15(21)11(16(22)24-4-2)8-9-6-5-7-10(13(17)18)12(9)14(19)20/h5-8H,3-4H2,1-2H3,(H,17,18)(H,19,20). The fourth-order valence-corrected chi connectivity index (χ4v) is 1.88. The monoisotopic (exact) mass is 336 g/mol. The maximum Gasteiger partial charge on any atom is 0.345 e. The second-order valence-corrected chi connectivity index (χ2v) is 4.38. The molecule has 0 unspecified atom stereocenters. The predicted molar refractivity (Wildman–Crippen MR) is 81.6 cm³/mol. The SMILES string of the molecule is CCOC(=O)C(=Cc1cccc(C(=O)O)c1C(=O)O)C(=O)OCC. The van der Waals surface area contributed by atoms with Gasteiger partial charge >= 0.3 is 23.9 Å². The lowest BCUT2D eigenvalue weighted by Crippen LogP contribution is -2.19. The summed E-state index contributed by atoms with van der Waals surface area (Å²) in [5, 5.41) is 18.4. The molecule has 2 N–H and O–H groups in total. The molecule has 0 bridgehead atoms. The van der Waals surface area contributed by atoms with Gasteiger partial charge in [0.05, 0.1) is 24.3 Å². The Morgan fingerprint density at radius 2 is 1.50 bits per heavy atom. The van der Waals surface area contributed by atoms with Crippen LogP contribution in [0.5, 0.6) is 0 Å². The smallest absolute Gasteiger partial charge is 0.345 e. The maximum atomic E-state index is 11.9. The molecular formula is C16H16O8. The number of hydrogen-bond donors (Lipinski definition) is 2. The Balaban J connectivity index is 3.54. The van der Waals surface area contributed by atoms with Crippen LogP contribution in [0.1, 0.15) is 40.1 Å². The minimum Gasteiger partial charge on any atom is -0.478 e. The van der Waals surface area contributed by atoms with Gasteiger partial charge in [-0.25, -0.2) is 19.2 Å². The van der Waals surface area contributed by atoms with E-state index in [2.05, 4.69) is 0 Å². The largest absolute Gasteiger partial charge is 0.478 e. The van der Waals surface area contributed by atoms with Crippen LogP contribution in [-0.2, 0) is 19.1 Å². The highest BCUT2D eigenvalue weighted by molar-refractivity contribution is 6.18. The van der Waals surface area contributed by atoms with Crippen LogP contribution < -0.4 is 0 Å². The number of carbonyl (C=O) groups is 4. The van der Waals surface area contributed by atoms with Gasteiger partial charge in [0.2, 0.25) is 0 Å². The van der Waals surface area contributed by atoms with Crippen molar-refractivity contribution in [3.8, 4) is 0 Å². The van der Waals surface area contributed by atoms with E-state index in [0.29, 0.717) is 0 Å². The van der Waals surface area contributed by atoms with Gasteiger partial charge in [0.15, 0.2) is 0 Å². The fourth-order valence-electron chi connectivity index (χ4n) is 1.88. The van der Waals surface area contributed by atoms with E-state index in [4.69, 9.17) is 14.6 Å². The lowest BCUT2D eigenvalue weighted by atomic mass is 9.99. The summed E-state index contributed by atoms with van der Waals surface area (Å²) in [6, 6.07) is 3.68. The molecule has 24 heavy (non-hydrogen) atoms. The topological polar surface area (TPSA) is 127 Å². The lowest BCUT2D eigenvalue weighted by molar-refractivity contribution is -0.146. The normalized spacial score (nSPS) is 9.75. The van der Waals surface area contributed by atoms with E-state index in [0.717, 1.165) is 12.1 Å². The number of carboxylic acids is 2. The molecule has 8 heteroatoms. The third-order valence-corrected chi connectivity index (χ3v) is 2.83. The van der Waals surface area contributed by atoms with Gasteiger partial charge in [-0.3, -0.25) is 0 Å². The van der Waals surface area contributed by atoms with E-state index >= 15 is 0 Å². The molecule has 8 nitrogen and oxygen atoms in total. The molecule has 0 radical (unpaired) electrons. The zero-order chi connectivity index (χ0) is 18.3. The summed E-state index contributed by atoms with van der Waals surface area (Å²) in [4.78, 5) is 46.4. The minimum absolute atomic E-state index is 0.00344. The van der Waals surface area contributed by atoms with E-state index in [9.17, 15) is 24.3 Å². The molecule has 1 rings (SSSR count). The van der Waals surface area contributed by atoms with Crippen molar-refractivity contribution in [3.05, 3.63) is 40.5 Å². The van der Waals surface area contributed by atoms with Gasteiger partial charge in [-0.1, -0.05) is 12.1 Å². The second kappa shape index (κ2) is 8.47. The number of carbonyl (C=O) groups excluding carboxylic acids is 2. The van der Waals surface area contributed by atoms with Crippen LogP contribution >= 0.6 is 0 Å². The van der Waals surface area contributed by atoms with Crippen LogP contribution in [0, 0.1) is 0 Å². The van der Waals surface area contributed by atoms with Crippen LogP contribution in [0.15, 0.2) is 23.8 Å². The highest BCUT2D eigenvalue weighted by atomic mass is 16.6. The van der Waals surface area contributed by atoms with Crippen molar-refractivity contribution in [2.24, 2.45) is 0 Å². The Morgan fingerprint density at radius 1 is 0.958 bits per heavy atom. The Morgan fingerprint density at radius 3 is 1.92 bits per heavy atom. The molecule has 0 aliphatic heterocycles. The van der Waals surface area contributed by atoms with E-state index in [-0.39, 0.29) is 18.8 Å². The number of ether oxygens (including phenoxy) is 2. The van der Waals surface area contributed by atoms with Gasteiger partial charge in [-0.05, 0) is 31.6 Å². The Kier molecular flexibility index (Phi) is 6.66. The van der Waals surface area contributed by atoms with Crippen molar-refractivity contribution < 1.29 is 38.9 Å². The van der Waals surface area contributed by atoms with Crippen LogP contribution in [0.25, 0.3) is 6.08 Å². The van der Waals surface area contributed by atoms with Crippen LogP contribution in [0.2, 0.25) is 0 Å². The minimum atomic E-state index is -1.51. The molecule has 0 fully saturated rings. The molecule has 0 amide bonds. The van der Waals surface area contributed by atoms with Crippen LogP contribution in [-0.4, -0.2) is 47.3 Å². The molecule has 1 aromatic rings. The third kappa shape index (κ3) is 4.42. The number of benzene rings is 1. The number of rotatable bonds is 7. The third-order valence-electron chi connectivity index (χ3n) is 2.83. The summed E-state index contributed by atoms with van der Waals surface area (Å²) in [6.07, 6.45) is 0.950. The first-order valence-electron chi connectivity index (χ1n) is 6.98. The first kappa shape index (κ1) is 18.9. The van der Waals surface area contributed by atoms with E-state index in [1.54, 1.807) is 0 Å². The zero-order valence-electron chi connectivity index (χ0n) is 13.1. The van der Waals surface area contributed by atoms with Crippen molar-refractivity contribution in [2.75, 3.05) is 13.2 Å². The molecule has 0 atom stereocenters. The van der Waals surface area contributed by atoms with Gasteiger partial charge < -0.3 is 19.7 Å². The van der Waals surface area contributed by atoms with Gasteiger partial charge in [-0.2, -0.15) is 0 Å². The van der Waals surface area contributed by atoms with Crippen molar-refractivity contribution in [2.45, 2.75) is 13.8 Å². The van der Waals surface area contributed by atoms with E-state index in [1.807, 2.05) is 0 Å². The molecule has 0 aliphatic rings. The van der Waals surface area contributed by atoms with Gasteiger partial charge in [0.1, 0.15) is 5.57 Å². The van der Waals surface area contributed by atoms with Crippen molar-refractivity contribution in [3.63, 3.8) is 0 Å². The highest BCUT2D eigenvalue weighted by Crippen LogP contribution is 2.19. The molecule has 0 aromatic heterocycles. The summed E-state index contributed by atoms with van der Waals surface area (Å²) >= 11 is 0. The molecule has 0 heterocycles. The van der Waals surface area contributed by atoms with E-state index in [1.165, 1.54) is 26.0 Å². The Labute approximate surface area is 137 Å². The molecule has 0 aliphatic carbocycles. The van der Waals surface area contributed by atoms with Gasteiger partial charge in [0, 0.05) is 0 Å². The summed E-state index contributed by atoms with van der Waals surface area (Å²) < 4.78 is 9.50. The maximum absolute atomic E-state index is 11.9. The molecule has 0 spiro atoms. The zero-order valence-corrected chi connectivity index (χ0v) is 13.1. The first-order valence-corrected chi connectivity index (χ1v) is 6.98. The van der Waals surface area contributed by atoms with Crippen molar-refractivity contribution in [1.82, 2.24) is 0 Å². The molecular weight excluding hydrogens is 320 g/mol. The molecule has 128 valence electrons. The Hall–Kier alpha value is -3.16. The summed E-state index contributed by atoms with van der Waals surface area (Å²) in [5.74, 6) is -4.94. The van der Waals surface area contributed by atoms with Crippen LogP contribution in [0.4, 0.5) is 0 Å². The van der Waals surface area contributed by atoms with Crippen molar-refractivity contribution in [1.29, 1.82) is 0 Å². The van der Waals surface area contributed by atoms with Gasteiger partial charge in [-0.15, -0.1) is 0 Å². The second-order valence-electron chi connectivity index (χ2n) is 4.38. The number of esters is 2.